The molecule has 2 aliphatic rings. The number of nitriles is 1. The van der Waals surface area contributed by atoms with Gasteiger partial charge in [0.25, 0.3) is 11.5 Å². The van der Waals surface area contributed by atoms with Crippen molar-refractivity contribution in [2.24, 2.45) is 0 Å². The summed E-state index contributed by atoms with van der Waals surface area (Å²) in [6, 6.07) is 5.67. The van der Waals surface area contributed by atoms with Gasteiger partial charge >= 0.3 is 0 Å². The monoisotopic (exact) mass is 450 g/mol. The van der Waals surface area contributed by atoms with E-state index in [0.29, 0.717) is 24.6 Å². The third-order valence-electron chi connectivity index (χ3n) is 6.35. The predicted octanol–water partition coefficient (Wildman–Crippen LogP) is 1.35. The Balaban J connectivity index is 1.72. The number of hydrogen-bond acceptors (Lipinski definition) is 7. The van der Waals surface area contributed by atoms with Crippen LogP contribution in [0.3, 0.4) is 0 Å². The van der Waals surface area contributed by atoms with Crippen LogP contribution in [0.5, 0.6) is 0 Å². The van der Waals surface area contributed by atoms with E-state index >= 15 is 0 Å². The van der Waals surface area contributed by atoms with Gasteiger partial charge in [-0.2, -0.15) is 5.26 Å². The highest BCUT2D eigenvalue weighted by molar-refractivity contribution is 6.02. The van der Waals surface area contributed by atoms with Crippen LogP contribution in [0, 0.1) is 18.3 Å². The number of anilines is 1. The zero-order chi connectivity index (χ0) is 23.4. The number of aryl methyl sites for hydroxylation is 1. The lowest BCUT2D eigenvalue weighted by Crippen LogP contribution is -2.47. The number of ether oxygens (including phenoxy) is 1. The maximum atomic E-state index is 13.5. The van der Waals surface area contributed by atoms with Gasteiger partial charge in [-0.15, -0.1) is 0 Å². The van der Waals surface area contributed by atoms with E-state index in [1.54, 1.807) is 12.3 Å². The molecule has 0 aromatic carbocycles. The summed E-state index contributed by atoms with van der Waals surface area (Å²) in [4.78, 5) is 35.5. The first-order valence-corrected chi connectivity index (χ1v) is 11.5. The molecule has 9 heteroatoms. The van der Waals surface area contributed by atoms with Crippen molar-refractivity contribution in [1.82, 2.24) is 19.6 Å². The first-order chi connectivity index (χ1) is 16.0. The predicted molar refractivity (Wildman–Crippen MR) is 126 cm³/mol. The number of pyridine rings is 1. The van der Waals surface area contributed by atoms with Gasteiger partial charge in [-0.25, -0.2) is 4.98 Å². The molecule has 4 heterocycles. The molecule has 0 aliphatic carbocycles. The van der Waals surface area contributed by atoms with Gasteiger partial charge in [0, 0.05) is 45.5 Å². The molecule has 0 spiro atoms. The Labute approximate surface area is 193 Å². The van der Waals surface area contributed by atoms with Crippen molar-refractivity contribution in [2.75, 3.05) is 50.8 Å². The maximum Gasteiger partial charge on any atom is 0.267 e. The topological polar surface area (TPSA) is 103 Å². The summed E-state index contributed by atoms with van der Waals surface area (Å²) in [7, 11) is 0. The third kappa shape index (κ3) is 4.92. The molecule has 4 rings (SSSR count). The number of carbonyl (C=O) groups is 1. The molecule has 2 aliphatic heterocycles. The van der Waals surface area contributed by atoms with Gasteiger partial charge in [-0.05, 0) is 44.0 Å². The van der Waals surface area contributed by atoms with Gasteiger partial charge < -0.3 is 19.9 Å². The van der Waals surface area contributed by atoms with E-state index in [9.17, 15) is 14.9 Å². The second kappa shape index (κ2) is 10.1. The van der Waals surface area contributed by atoms with Gasteiger partial charge in [0.15, 0.2) is 0 Å². The van der Waals surface area contributed by atoms with Crippen LogP contribution < -0.4 is 15.8 Å². The Morgan fingerprint density at radius 2 is 2.15 bits per heavy atom. The lowest BCUT2D eigenvalue weighted by Gasteiger charge is -2.35. The molecule has 2 aromatic heterocycles. The number of rotatable bonds is 6. The van der Waals surface area contributed by atoms with E-state index in [4.69, 9.17) is 9.72 Å². The summed E-state index contributed by atoms with van der Waals surface area (Å²) in [5.41, 5.74) is 1.30. The standard InChI is InChI=1S/C24H30N6O3/c1-3-28-9-11-29(12-10-28)22-20(24(32)30-8-4-6-17(2)21(30)27-22)14-18(15-25)23(31)26-16-19-7-5-13-33-19/h4,6,8,14,19H,3,5,7,9-13,16H2,1-2H3,(H,26,31)/b18-14+/t19-/m1/s1. The Morgan fingerprint density at radius 3 is 2.82 bits per heavy atom. The van der Waals surface area contributed by atoms with Crippen molar-refractivity contribution in [2.45, 2.75) is 32.8 Å². The summed E-state index contributed by atoms with van der Waals surface area (Å²) in [5, 5.41) is 12.5. The number of fused-ring (bicyclic) bond motifs is 1. The van der Waals surface area contributed by atoms with Gasteiger partial charge in [-0.1, -0.05) is 13.0 Å². The number of aromatic nitrogens is 2. The van der Waals surface area contributed by atoms with Crippen LogP contribution in [-0.2, 0) is 9.53 Å². The van der Waals surface area contributed by atoms with Gasteiger partial charge in [0.1, 0.15) is 23.1 Å². The molecular weight excluding hydrogens is 420 g/mol. The minimum absolute atomic E-state index is 0.0322. The molecule has 2 fully saturated rings. The second-order valence-corrected chi connectivity index (χ2v) is 8.48. The highest BCUT2D eigenvalue weighted by atomic mass is 16.5. The number of amides is 1. The smallest absolute Gasteiger partial charge is 0.267 e. The fourth-order valence-corrected chi connectivity index (χ4v) is 4.34. The summed E-state index contributed by atoms with van der Waals surface area (Å²) in [5.74, 6) is 0.00761. The van der Waals surface area contributed by atoms with E-state index in [1.807, 2.05) is 19.1 Å². The lowest BCUT2D eigenvalue weighted by atomic mass is 10.1. The average Bonchev–Trinajstić information content (AvgIpc) is 3.36. The van der Waals surface area contributed by atoms with Crippen LogP contribution in [0.15, 0.2) is 28.7 Å². The molecule has 2 aromatic rings. The van der Waals surface area contributed by atoms with Crippen LogP contribution in [0.2, 0.25) is 0 Å². The van der Waals surface area contributed by atoms with Crippen molar-refractivity contribution in [3.8, 4) is 6.07 Å². The Bertz CT molecular complexity index is 1150. The number of likely N-dealkylation sites (N-methyl/N-ethyl adjacent to an activating group) is 1. The van der Waals surface area contributed by atoms with Crippen LogP contribution in [-0.4, -0.2) is 72.2 Å². The van der Waals surface area contributed by atoms with Crippen LogP contribution in [0.25, 0.3) is 11.7 Å². The average molecular weight is 451 g/mol. The summed E-state index contributed by atoms with van der Waals surface area (Å²) in [6.45, 7) is 9.21. The lowest BCUT2D eigenvalue weighted by molar-refractivity contribution is -0.117. The second-order valence-electron chi connectivity index (χ2n) is 8.48. The van der Waals surface area contributed by atoms with Crippen molar-refractivity contribution in [3.05, 3.63) is 45.4 Å². The molecule has 1 N–H and O–H groups in total. The van der Waals surface area contributed by atoms with Crippen LogP contribution >= 0.6 is 0 Å². The SMILES string of the molecule is CCN1CCN(c2nc3c(C)cccn3c(=O)c2/C=C(\C#N)C(=O)NC[C@H]2CCCO2)CC1. The Hall–Kier alpha value is -3.22. The number of nitrogens with zero attached hydrogens (tertiary/aromatic N) is 5. The zero-order valence-corrected chi connectivity index (χ0v) is 19.2. The van der Waals surface area contributed by atoms with Crippen LogP contribution in [0.1, 0.15) is 30.9 Å². The molecule has 1 amide bonds. The molecule has 174 valence electrons. The van der Waals surface area contributed by atoms with E-state index < -0.39 is 5.91 Å². The highest BCUT2D eigenvalue weighted by Crippen LogP contribution is 2.22. The fraction of sp³-hybridized carbons (Fsp3) is 0.500. The number of carbonyl (C=O) groups excluding carboxylic acids is 1. The van der Waals surface area contributed by atoms with Gasteiger partial charge in [0.2, 0.25) is 0 Å². The number of piperazine rings is 1. The molecule has 0 saturated carbocycles. The van der Waals surface area contributed by atoms with Crippen LogP contribution in [0.4, 0.5) is 5.82 Å². The molecule has 2 saturated heterocycles. The van der Waals surface area contributed by atoms with E-state index in [0.717, 1.165) is 51.1 Å². The van der Waals surface area contributed by atoms with E-state index in [1.165, 1.54) is 10.5 Å². The maximum absolute atomic E-state index is 13.5. The summed E-state index contributed by atoms with van der Waals surface area (Å²) >= 11 is 0. The van der Waals surface area contributed by atoms with E-state index in [-0.39, 0.29) is 22.8 Å². The van der Waals surface area contributed by atoms with E-state index in [2.05, 4.69) is 22.0 Å². The molecular formula is C24H30N6O3. The van der Waals surface area contributed by atoms with Gasteiger partial charge in [0.05, 0.1) is 11.7 Å². The normalized spacial score (nSPS) is 19.6. The fourth-order valence-electron chi connectivity index (χ4n) is 4.34. The third-order valence-corrected chi connectivity index (χ3v) is 6.35. The molecule has 0 radical (unpaired) electrons. The molecule has 1 atom stereocenters. The summed E-state index contributed by atoms with van der Waals surface area (Å²) < 4.78 is 7.02. The summed E-state index contributed by atoms with van der Waals surface area (Å²) in [6.07, 6.45) is 4.87. The zero-order valence-electron chi connectivity index (χ0n) is 19.2. The largest absolute Gasteiger partial charge is 0.376 e. The minimum atomic E-state index is -0.511. The Kier molecular flexibility index (Phi) is 7.06. The van der Waals surface area contributed by atoms with Crippen molar-refractivity contribution in [3.63, 3.8) is 0 Å². The first kappa shape index (κ1) is 23.0. The molecule has 9 nitrogen and oxygen atoms in total. The molecule has 0 bridgehead atoms. The quantitative estimate of drug-likeness (QED) is 0.523. The highest BCUT2D eigenvalue weighted by Gasteiger charge is 2.24. The number of hydrogen-bond donors (Lipinski definition) is 1. The van der Waals surface area contributed by atoms with Crippen molar-refractivity contribution in [1.29, 1.82) is 5.26 Å². The van der Waals surface area contributed by atoms with Crippen molar-refractivity contribution >= 4 is 23.4 Å². The Morgan fingerprint density at radius 1 is 1.36 bits per heavy atom. The van der Waals surface area contributed by atoms with Crippen molar-refractivity contribution < 1.29 is 9.53 Å². The first-order valence-electron chi connectivity index (χ1n) is 11.5. The molecule has 0 unspecified atom stereocenters. The molecule has 33 heavy (non-hydrogen) atoms. The van der Waals surface area contributed by atoms with Gasteiger partial charge in [-0.3, -0.25) is 14.0 Å². The minimum Gasteiger partial charge on any atom is -0.376 e. The number of nitrogens with one attached hydrogen (secondary N) is 1.